The summed E-state index contributed by atoms with van der Waals surface area (Å²) >= 11 is 5.86. The zero-order valence-corrected chi connectivity index (χ0v) is 12.2. The molecule has 1 aromatic rings. The molecule has 1 atom stereocenters. The number of hydrogen-bond donors (Lipinski definition) is 0. The molecule has 0 radical (unpaired) electrons. The van der Waals surface area contributed by atoms with Crippen molar-refractivity contribution in [2.24, 2.45) is 5.92 Å². The number of aryl methyl sites for hydroxylation is 2. The molecule has 1 aliphatic carbocycles. The van der Waals surface area contributed by atoms with Gasteiger partial charge < -0.3 is 0 Å². The molecule has 1 aromatic carbocycles. The van der Waals surface area contributed by atoms with Crippen LogP contribution in [0.15, 0.2) is 18.2 Å². The van der Waals surface area contributed by atoms with Gasteiger partial charge >= 0.3 is 0 Å². The highest BCUT2D eigenvalue weighted by Crippen LogP contribution is 2.36. The van der Waals surface area contributed by atoms with E-state index in [1.54, 1.807) is 0 Å². The lowest BCUT2D eigenvalue weighted by Crippen LogP contribution is -2.35. The Labute approximate surface area is 115 Å². The average Bonchev–Trinajstić information content (AvgIpc) is 2.36. The normalized spacial score (nSPS) is 18.3. The van der Waals surface area contributed by atoms with Crippen LogP contribution in [-0.2, 0) is 23.1 Å². The third-order valence-corrected chi connectivity index (χ3v) is 4.90. The predicted molar refractivity (Wildman–Crippen MR) is 76.1 cm³/mol. The fourth-order valence-electron chi connectivity index (χ4n) is 2.73. The summed E-state index contributed by atoms with van der Waals surface area (Å²) in [7, 11) is 0. The van der Waals surface area contributed by atoms with Gasteiger partial charge in [0, 0.05) is 0 Å². The van der Waals surface area contributed by atoms with E-state index >= 15 is 0 Å². The van der Waals surface area contributed by atoms with Gasteiger partial charge in [0.05, 0.1) is 5.41 Å². The number of carbonyl (C=O) groups is 1. The van der Waals surface area contributed by atoms with E-state index in [4.69, 9.17) is 11.6 Å². The molecule has 0 aliphatic heterocycles. The lowest BCUT2D eigenvalue weighted by molar-refractivity contribution is -0.117. The summed E-state index contributed by atoms with van der Waals surface area (Å²) in [4.78, 5) is 11.8. The molecule has 0 saturated carbocycles. The molecule has 0 amide bonds. The molecule has 2 heteroatoms. The molecule has 1 unspecified atom stereocenters. The van der Waals surface area contributed by atoms with Gasteiger partial charge in [-0.2, -0.15) is 0 Å². The lowest BCUT2D eigenvalue weighted by atomic mass is 9.73. The summed E-state index contributed by atoms with van der Waals surface area (Å²) in [5, 5.41) is -0.256. The second-order valence-corrected chi connectivity index (χ2v) is 6.16. The maximum absolute atomic E-state index is 11.8. The van der Waals surface area contributed by atoms with E-state index in [0.29, 0.717) is 0 Å². The summed E-state index contributed by atoms with van der Waals surface area (Å²) in [6.07, 6.45) is 4.84. The molecule has 1 aliphatic rings. The van der Waals surface area contributed by atoms with Gasteiger partial charge in [-0.25, -0.2) is 0 Å². The van der Waals surface area contributed by atoms with Crippen LogP contribution in [0.25, 0.3) is 0 Å². The van der Waals surface area contributed by atoms with Crippen LogP contribution in [0.3, 0.4) is 0 Å². The first kappa shape index (κ1) is 13.6. The smallest absolute Gasteiger partial charge is 0.232 e. The SMILES string of the molecule is CC(C)C(C)(C(=O)Cl)c1ccc2c(c1)CCCC2. The summed E-state index contributed by atoms with van der Waals surface area (Å²) < 4.78 is 0. The Kier molecular flexibility index (Phi) is 3.82. The summed E-state index contributed by atoms with van der Waals surface area (Å²) in [5.74, 6) is 0.198. The third-order valence-electron chi connectivity index (χ3n) is 4.51. The highest BCUT2D eigenvalue weighted by atomic mass is 35.5. The van der Waals surface area contributed by atoms with E-state index in [2.05, 4.69) is 32.0 Å². The zero-order chi connectivity index (χ0) is 13.3. The van der Waals surface area contributed by atoms with Crippen molar-refractivity contribution in [2.75, 3.05) is 0 Å². The molecule has 2 rings (SSSR count). The van der Waals surface area contributed by atoms with Crippen molar-refractivity contribution in [3.05, 3.63) is 34.9 Å². The highest BCUT2D eigenvalue weighted by Gasteiger charge is 2.37. The van der Waals surface area contributed by atoms with Crippen LogP contribution >= 0.6 is 11.6 Å². The molecule has 0 saturated heterocycles. The molecule has 0 spiro atoms. The van der Waals surface area contributed by atoms with Gasteiger partial charge in [0.25, 0.3) is 0 Å². The number of halogens is 1. The number of hydrogen-bond acceptors (Lipinski definition) is 1. The Morgan fingerprint density at radius 3 is 2.39 bits per heavy atom. The van der Waals surface area contributed by atoms with Crippen LogP contribution in [0, 0.1) is 5.92 Å². The van der Waals surface area contributed by atoms with Crippen LogP contribution in [0.2, 0.25) is 0 Å². The van der Waals surface area contributed by atoms with Crippen LogP contribution in [0.4, 0.5) is 0 Å². The highest BCUT2D eigenvalue weighted by molar-refractivity contribution is 6.65. The van der Waals surface area contributed by atoms with Gasteiger partial charge in [-0.3, -0.25) is 4.79 Å². The predicted octanol–water partition coefficient (Wildman–Crippen LogP) is 4.24. The van der Waals surface area contributed by atoms with E-state index in [-0.39, 0.29) is 11.2 Å². The minimum absolute atomic E-state index is 0.198. The van der Waals surface area contributed by atoms with Crippen LogP contribution < -0.4 is 0 Å². The largest absolute Gasteiger partial charge is 0.280 e. The topological polar surface area (TPSA) is 17.1 Å². The summed E-state index contributed by atoms with van der Waals surface area (Å²) in [6, 6.07) is 6.48. The van der Waals surface area contributed by atoms with Crippen LogP contribution in [0.1, 0.15) is 50.3 Å². The van der Waals surface area contributed by atoms with E-state index in [1.807, 2.05) is 6.92 Å². The van der Waals surface area contributed by atoms with Crippen LogP contribution in [0.5, 0.6) is 0 Å². The molecule has 1 nitrogen and oxygen atoms in total. The minimum atomic E-state index is -0.575. The molecule has 0 fully saturated rings. The van der Waals surface area contributed by atoms with Crippen molar-refractivity contribution in [1.29, 1.82) is 0 Å². The molecule has 18 heavy (non-hydrogen) atoms. The van der Waals surface area contributed by atoms with Crippen molar-refractivity contribution >= 4 is 16.8 Å². The second-order valence-electron chi connectivity index (χ2n) is 5.82. The van der Waals surface area contributed by atoms with E-state index in [0.717, 1.165) is 12.0 Å². The zero-order valence-electron chi connectivity index (χ0n) is 11.4. The number of fused-ring (bicyclic) bond motifs is 1. The fraction of sp³-hybridized carbons (Fsp3) is 0.562. The van der Waals surface area contributed by atoms with Crippen molar-refractivity contribution in [1.82, 2.24) is 0 Å². The van der Waals surface area contributed by atoms with Crippen molar-refractivity contribution in [2.45, 2.75) is 51.9 Å². The first-order valence-corrected chi connectivity index (χ1v) is 7.16. The van der Waals surface area contributed by atoms with E-state index < -0.39 is 5.41 Å². The number of rotatable bonds is 3. The Morgan fingerprint density at radius 1 is 1.22 bits per heavy atom. The summed E-state index contributed by atoms with van der Waals surface area (Å²) in [6.45, 7) is 6.07. The Balaban J connectivity index is 2.46. The van der Waals surface area contributed by atoms with Crippen LogP contribution in [-0.4, -0.2) is 5.24 Å². The Morgan fingerprint density at radius 2 is 1.83 bits per heavy atom. The van der Waals surface area contributed by atoms with Gasteiger partial charge in [-0.05, 0) is 66.8 Å². The van der Waals surface area contributed by atoms with E-state index in [1.165, 1.54) is 30.4 Å². The van der Waals surface area contributed by atoms with Gasteiger partial charge in [-0.1, -0.05) is 32.0 Å². The monoisotopic (exact) mass is 264 g/mol. The maximum Gasteiger partial charge on any atom is 0.232 e. The molecule has 0 bridgehead atoms. The maximum atomic E-state index is 11.8. The second kappa shape index (κ2) is 5.05. The fourth-order valence-corrected chi connectivity index (χ4v) is 3.06. The lowest BCUT2D eigenvalue weighted by Gasteiger charge is -2.31. The Bertz CT molecular complexity index is 464. The molecular weight excluding hydrogens is 244 g/mol. The molecule has 0 heterocycles. The molecule has 98 valence electrons. The molecule has 0 N–H and O–H groups in total. The first-order valence-electron chi connectivity index (χ1n) is 6.78. The van der Waals surface area contributed by atoms with Crippen molar-refractivity contribution in [3.63, 3.8) is 0 Å². The Hall–Kier alpha value is -0.820. The van der Waals surface area contributed by atoms with Gasteiger partial charge in [0.1, 0.15) is 0 Å². The van der Waals surface area contributed by atoms with Crippen molar-refractivity contribution < 1.29 is 4.79 Å². The average molecular weight is 265 g/mol. The molecule has 0 aromatic heterocycles. The minimum Gasteiger partial charge on any atom is -0.280 e. The van der Waals surface area contributed by atoms with Gasteiger partial charge in [0.2, 0.25) is 5.24 Å². The van der Waals surface area contributed by atoms with Gasteiger partial charge in [-0.15, -0.1) is 0 Å². The number of benzene rings is 1. The molecular formula is C16H21ClO. The number of carbonyl (C=O) groups excluding carboxylic acids is 1. The summed E-state index contributed by atoms with van der Waals surface area (Å²) in [5.41, 5.74) is 3.34. The van der Waals surface area contributed by atoms with Crippen molar-refractivity contribution in [3.8, 4) is 0 Å². The van der Waals surface area contributed by atoms with Gasteiger partial charge in [0.15, 0.2) is 0 Å². The quantitative estimate of drug-likeness (QED) is 0.746. The standard InChI is InChI=1S/C16H21ClO/c1-11(2)16(3,15(17)18)14-9-8-12-6-4-5-7-13(12)10-14/h8-11H,4-7H2,1-3H3. The van der Waals surface area contributed by atoms with E-state index in [9.17, 15) is 4.79 Å². The first-order chi connectivity index (χ1) is 8.46. The third kappa shape index (κ3) is 2.21.